The van der Waals surface area contributed by atoms with Crippen LogP contribution in [0.2, 0.25) is 0 Å². The van der Waals surface area contributed by atoms with Crippen LogP contribution in [-0.4, -0.2) is 47.1 Å². The number of hydrogen-bond acceptors (Lipinski definition) is 5. The zero-order chi connectivity index (χ0) is 19.2. The van der Waals surface area contributed by atoms with Gasteiger partial charge in [0.2, 0.25) is 0 Å². The number of hydrogen-bond donors (Lipinski definition) is 0. The maximum Gasteiger partial charge on any atom is 0.409 e. The summed E-state index contributed by atoms with van der Waals surface area (Å²) in [6, 6.07) is 16.7. The van der Waals surface area contributed by atoms with Crippen molar-refractivity contribution in [2.75, 3.05) is 20.1 Å². The van der Waals surface area contributed by atoms with Gasteiger partial charge in [0.25, 0.3) is 5.69 Å². The van der Waals surface area contributed by atoms with Crippen LogP contribution in [0.15, 0.2) is 54.6 Å². The maximum atomic E-state index is 11.8. The van der Waals surface area contributed by atoms with Gasteiger partial charge in [-0.15, -0.1) is 0 Å². The Kier molecular flexibility index (Phi) is 6.03. The Bertz CT molecular complexity index is 797. The van der Waals surface area contributed by atoms with Gasteiger partial charge in [-0.3, -0.25) is 15.0 Å². The van der Waals surface area contributed by atoms with E-state index < -0.39 is 0 Å². The van der Waals surface area contributed by atoms with Crippen molar-refractivity contribution >= 4 is 11.8 Å². The van der Waals surface area contributed by atoms with Gasteiger partial charge in [0, 0.05) is 51.3 Å². The molecule has 1 fully saturated rings. The summed E-state index contributed by atoms with van der Waals surface area (Å²) < 4.78 is 5.49. The van der Waals surface area contributed by atoms with Crippen molar-refractivity contribution in [2.45, 2.75) is 25.6 Å². The number of nitro benzene ring substituents is 1. The smallest absolute Gasteiger partial charge is 0.409 e. The third kappa shape index (κ3) is 5.04. The predicted octanol–water partition coefficient (Wildman–Crippen LogP) is 3.44. The van der Waals surface area contributed by atoms with E-state index in [-0.39, 0.29) is 22.8 Å². The Hall–Kier alpha value is -2.93. The van der Waals surface area contributed by atoms with Gasteiger partial charge < -0.3 is 9.64 Å². The minimum Gasteiger partial charge on any atom is -0.445 e. The van der Waals surface area contributed by atoms with Crippen LogP contribution in [0.25, 0.3) is 0 Å². The van der Waals surface area contributed by atoms with Crippen LogP contribution in [0.5, 0.6) is 0 Å². The van der Waals surface area contributed by atoms with E-state index in [1.54, 1.807) is 30.1 Å². The number of benzene rings is 2. The van der Waals surface area contributed by atoms with Gasteiger partial charge in [0.05, 0.1) is 4.92 Å². The number of nitro groups is 1. The standard InChI is InChI=1S/C20H23N3O4/c1-21-12-11-18(27-20(21)24)15-22(13-16-7-3-2-4-8-16)14-17-9-5-6-10-19(17)23(25)26/h2-10,18H,11-15H2,1H3/t18-/m0/s1. The first-order valence-corrected chi connectivity index (χ1v) is 8.93. The molecule has 7 nitrogen and oxygen atoms in total. The molecule has 1 aliphatic rings. The number of nitrogens with zero attached hydrogens (tertiary/aromatic N) is 3. The monoisotopic (exact) mass is 369 g/mol. The summed E-state index contributed by atoms with van der Waals surface area (Å²) >= 11 is 0. The minimum absolute atomic E-state index is 0.107. The Morgan fingerprint density at radius 3 is 2.56 bits per heavy atom. The summed E-state index contributed by atoms with van der Waals surface area (Å²) in [5.41, 5.74) is 1.86. The van der Waals surface area contributed by atoms with Gasteiger partial charge in [0.1, 0.15) is 6.10 Å². The number of rotatable bonds is 7. The lowest BCUT2D eigenvalue weighted by molar-refractivity contribution is -0.385. The highest BCUT2D eigenvalue weighted by molar-refractivity contribution is 5.68. The summed E-state index contributed by atoms with van der Waals surface area (Å²) in [5, 5.41) is 11.3. The number of amides is 1. The highest BCUT2D eigenvalue weighted by atomic mass is 16.6. The van der Waals surface area contributed by atoms with Crippen LogP contribution in [0.3, 0.4) is 0 Å². The number of cyclic esters (lactones) is 1. The van der Waals surface area contributed by atoms with Crippen molar-refractivity contribution in [1.29, 1.82) is 0 Å². The van der Waals surface area contributed by atoms with E-state index in [2.05, 4.69) is 4.90 Å². The molecule has 1 amide bonds. The number of para-hydroxylation sites is 1. The lowest BCUT2D eigenvalue weighted by Crippen LogP contribution is -2.44. The van der Waals surface area contributed by atoms with Gasteiger partial charge in [0.15, 0.2) is 0 Å². The Morgan fingerprint density at radius 1 is 1.15 bits per heavy atom. The van der Waals surface area contributed by atoms with E-state index in [0.29, 0.717) is 31.7 Å². The van der Waals surface area contributed by atoms with Crippen molar-refractivity contribution in [3.8, 4) is 0 Å². The zero-order valence-electron chi connectivity index (χ0n) is 15.3. The fourth-order valence-corrected chi connectivity index (χ4v) is 3.23. The summed E-state index contributed by atoms with van der Waals surface area (Å²) in [6.45, 7) is 2.21. The van der Waals surface area contributed by atoms with E-state index in [9.17, 15) is 14.9 Å². The van der Waals surface area contributed by atoms with E-state index in [1.165, 1.54) is 6.07 Å². The molecule has 7 heteroatoms. The highest BCUT2D eigenvalue weighted by Gasteiger charge is 2.27. The Balaban J connectivity index is 1.77. The van der Waals surface area contributed by atoms with Crippen LogP contribution < -0.4 is 0 Å². The molecule has 0 saturated carbocycles. The van der Waals surface area contributed by atoms with E-state index in [1.807, 2.05) is 30.3 Å². The molecule has 2 aromatic rings. The van der Waals surface area contributed by atoms with Crippen LogP contribution in [-0.2, 0) is 17.8 Å². The molecule has 0 radical (unpaired) electrons. The molecule has 27 heavy (non-hydrogen) atoms. The van der Waals surface area contributed by atoms with Crippen LogP contribution in [0.4, 0.5) is 10.5 Å². The van der Waals surface area contributed by atoms with Crippen molar-refractivity contribution in [1.82, 2.24) is 9.80 Å². The summed E-state index contributed by atoms with van der Waals surface area (Å²) in [4.78, 5) is 26.5. The quantitative estimate of drug-likeness (QED) is 0.552. The molecule has 0 N–H and O–H groups in total. The molecule has 1 atom stereocenters. The van der Waals surface area contributed by atoms with Gasteiger partial charge >= 0.3 is 6.09 Å². The summed E-state index contributed by atoms with van der Waals surface area (Å²) in [7, 11) is 1.72. The van der Waals surface area contributed by atoms with Crippen LogP contribution in [0.1, 0.15) is 17.5 Å². The molecule has 1 saturated heterocycles. The second-order valence-corrected chi connectivity index (χ2v) is 6.76. The first-order valence-electron chi connectivity index (χ1n) is 8.93. The van der Waals surface area contributed by atoms with E-state index >= 15 is 0 Å². The normalized spacial score (nSPS) is 17.0. The molecule has 2 aromatic carbocycles. The van der Waals surface area contributed by atoms with Gasteiger partial charge in [-0.1, -0.05) is 48.5 Å². The number of carbonyl (C=O) groups is 1. The average molecular weight is 369 g/mol. The second-order valence-electron chi connectivity index (χ2n) is 6.76. The Labute approximate surface area is 158 Å². The first kappa shape index (κ1) is 18.8. The molecule has 0 bridgehead atoms. The summed E-state index contributed by atoms with van der Waals surface area (Å²) in [5.74, 6) is 0. The van der Waals surface area contributed by atoms with Gasteiger partial charge in [-0.25, -0.2) is 4.79 Å². The Morgan fingerprint density at radius 2 is 1.85 bits per heavy atom. The minimum atomic E-state index is -0.356. The molecular formula is C20H23N3O4. The SMILES string of the molecule is CN1CC[C@@H](CN(Cc2ccccc2)Cc2ccccc2[N+](=O)[O-])OC1=O. The van der Waals surface area contributed by atoms with E-state index in [0.717, 1.165) is 12.0 Å². The second kappa shape index (κ2) is 8.64. The molecule has 1 aliphatic heterocycles. The fourth-order valence-electron chi connectivity index (χ4n) is 3.23. The van der Waals surface area contributed by atoms with Gasteiger partial charge in [-0.05, 0) is 5.56 Å². The lowest BCUT2D eigenvalue weighted by atomic mass is 10.1. The molecule has 0 aromatic heterocycles. The third-order valence-corrected chi connectivity index (χ3v) is 4.66. The first-order chi connectivity index (χ1) is 13.0. The van der Waals surface area contributed by atoms with Crippen molar-refractivity contribution in [2.24, 2.45) is 0 Å². The molecule has 1 heterocycles. The topological polar surface area (TPSA) is 75.9 Å². The molecule has 3 rings (SSSR count). The zero-order valence-corrected chi connectivity index (χ0v) is 15.3. The maximum absolute atomic E-state index is 11.8. The van der Waals surface area contributed by atoms with E-state index in [4.69, 9.17) is 4.74 Å². The highest BCUT2D eigenvalue weighted by Crippen LogP contribution is 2.22. The van der Waals surface area contributed by atoms with Crippen LogP contribution >= 0.6 is 0 Å². The van der Waals surface area contributed by atoms with Crippen molar-refractivity contribution in [3.05, 3.63) is 75.8 Å². The predicted molar refractivity (Wildman–Crippen MR) is 101 cm³/mol. The lowest BCUT2D eigenvalue weighted by Gasteiger charge is -2.33. The molecule has 0 aliphatic carbocycles. The largest absolute Gasteiger partial charge is 0.445 e. The fraction of sp³-hybridized carbons (Fsp3) is 0.350. The number of ether oxygens (including phenoxy) is 1. The molecule has 0 spiro atoms. The molecular weight excluding hydrogens is 346 g/mol. The van der Waals surface area contributed by atoms with Crippen molar-refractivity contribution in [3.63, 3.8) is 0 Å². The molecule has 142 valence electrons. The van der Waals surface area contributed by atoms with Gasteiger partial charge in [-0.2, -0.15) is 0 Å². The number of carbonyl (C=O) groups excluding carboxylic acids is 1. The van der Waals surface area contributed by atoms with Crippen LogP contribution in [0, 0.1) is 10.1 Å². The average Bonchev–Trinajstić information content (AvgIpc) is 2.66. The third-order valence-electron chi connectivity index (χ3n) is 4.66. The molecule has 0 unspecified atom stereocenters. The van der Waals surface area contributed by atoms with Crippen molar-refractivity contribution < 1.29 is 14.5 Å². The summed E-state index contributed by atoms with van der Waals surface area (Å²) in [6.07, 6.45) is 0.196.